The van der Waals surface area contributed by atoms with E-state index in [9.17, 15) is 0 Å². The second kappa shape index (κ2) is 13.1. The number of aromatic nitrogens is 1. The Morgan fingerprint density at radius 2 is 1.96 bits per heavy atom. The van der Waals surface area contributed by atoms with Gasteiger partial charge < -0.3 is 15.4 Å². The van der Waals surface area contributed by atoms with Gasteiger partial charge in [-0.25, -0.2) is 4.98 Å². The summed E-state index contributed by atoms with van der Waals surface area (Å²) in [5, 5.41) is 8.88. The molecule has 1 aliphatic heterocycles. The van der Waals surface area contributed by atoms with Crippen molar-refractivity contribution in [3.63, 3.8) is 0 Å². The molecule has 0 atom stereocenters. The molecular weight excluding hydrogens is 394 g/mol. The van der Waals surface area contributed by atoms with Crippen molar-refractivity contribution in [2.24, 2.45) is 9.98 Å². The summed E-state index contributed by atoms with van der Waals surface area (Å²) in [7, 11) is 0. The van der Waals surface area contributed by atoms with Crippen LogP contribution in [0.1, 0.15) is 12.0 Å². The highest BCUT2D eigenvalue weighted by atomic mass is 35.5. The van der Waals surface area contributed by atoms with Gasteiger partial charge in [0.2, 0.25) is 5.88 Å². The summed E-state index contributed by atoms with van der Waals surface area (Å²) >= 11 is 7.34. The molecule has 0 radical (unpaired) electrons. The van der Waals surface area contributed by atoms with Gasteiger partial charge >= 0.3 is 0 Å². The molecular formula is C20H24ClN5OS. The average molecular weight is 418 g/mol. The summed E-state index contributed by atoms with van der Waals surface area (Å²) in [5.74, 6) is 1.70. The quantitative estimate of drug-likeness (QED) is 0.514. The van der Waals surface area contributed by atoms with Crippen molar-refractivity contribution in [3.05, 3.63) is 58.6 Å². The summed E-state index contributed by atoms with van der Waals surface area (Å²) in [6.07, 6.45) is 2.94. The highest BCUT2D eigenvalue weighted by molar-refractivity contribution is 8.02. The van der Waals surface area contributed by atoms with Crippen molar-refractivity contribution in [2.75, 3.05) is 25.6 Å². The molecule has 6 nitrogen and oxygen atoms in total. The maximum atomic E-state index is 5.85. The lowest BCUT2D eigenvalue weighted by Gasteiger charge is -2.11. The minimum absolute atomic E-state index is 0.473. The number of benzene rings is 1. The van der Waals surface area contributed by atoms with E-state index in [1.807, 2.05) is 11.5 Å². The first kappa shape index (κ1) is 22.1. The number of ether oxygens (including phenoxy) is 1. The molecule has 0 unspecified atom stereocenters. The topological polar surface area (TPSA) is 70.9 Å². The molecule has 3 rings (SSSR count). The van der Waals surface area contributed by atoms with E-state index >= 15 is 0 Å². The SMILES string of the molecule is C1CNCNC1.C=NCS/C=C(\N=C)c1ccnc(Oc2ccc(Cl)cc2)c1. The van der Waals surface area contributed by atoms with E-state index in [0.717, 1.165) is 17.9 Å². The number of hydrogen-bond acceptors (Lipinski definition) is 7. The van der Waals surface area contributed by atoms with Gasteiger partial charge in [0.15, 0.2) is 0 Å². The number of nitrogens with one attached hydrogen (secondary N) is 2. The summed E-state index contributed by atoms with van der Waals surface area (Å²) < 4.78 is 5.70. The lowest BCUT2D eigenvalue weighted by atomic mass is 10.2. The zero-order chi connectivity index (χ0) is 20.0. The lowest BCUT2D eigenvalue weighted by Crippen LogP contribution is -2.37. The third-order valence-corrected chi connectivity index (χ3v) is 4.53. The fourth-order valence-electron chi connectivity index (χ4n) is 2.22. The van der Waals surface area contributed by atoms with Crippen LogP contribution in [-0.4, -0.2) is 44.1 Å². The lowest BCUT2D eigenvalue weighted by molar-refractivity contribution is 0.463. The minimum Gasteiger partial charge on any atom is -0.439 e. The predicted molar refractivity (Wildman–Crippen MR) is 121 cm³/mol. The molecule has 1 aromatic carbocycles. The molecule has 1 saturated heterocycles. The van der Waals surface area contributed by atoms with Gasteiger partial charge in [-0.15, -0.1) is 11.8 Å². The third-order valence-electron chi connectivity index (χ3n) is 3.55. The first-order valence-corrected chi connectivity index (χ1v) is 10.2. The van der Waals surface area contributed by atoms with Crippen molar-refractivity contribution in [3.8, 4) is 11.6 Å². The monoisotopic (exact) mass is 417 g/mol. The highest BCUT2D eigenvalue weighted by Gasteiger charge is 2.04. The van der Waals surface area contributed by atoms with Crippen LogP contribution in [0.4, 0.5) is 0 Å². The van der Waals surface area contributed by atoms with Gasteiger partial charge in [0.25, 0.3) is 0 Å². The summed E-state index contributed by atoms with van der Waals surface area (Å²) in [6, 6.07) is 10.7. The minimum atomic E-state index is 0.473. The highest BCUT2D eigenvalue weighted by Crippen LogP contribution is 2.25. The molecule has 1 aliphatic rings. The molecule has 0 spiro atoms. The average Bonchev–Trinajstić information content (AvgIpc) is 2.75. The molecule has 0 bridgehead atoms. The van der Waals surface area contributed by atoms with E-state index in [4.69, 9.17) is 16.3 Å². The van der Waals surface area contributed by atoms with Crippen molar-refractivity contribution in [2.45, 2.75) is 6.42 Å². The van der Waals surface area contributed by atoms with Gasteiger partial charge in [0, 0.05) is 29.5 Å². The van der Waals surface area contributed by atoms with Gasteiger partial charge in [-0.3, -0.25) is 9.98 Å². The molecule has 2 heterocycles. The van der Waals surface area contributed by atoms with Crippen LogP contribution < -0.4 is 15.4 Å². The molecule has 0 amide bonds. The van der Waals surface area contributed by atoms with Gasteiger partial charge in [0.1, 0.15) is 5.75 Å². The molecule has 0 saturated carbocycles. The van der Waals surface area contributed by atoms with E-state index in [1.165, 1.54) is 31.3 Å². The number of thioether (sulfide) groups is 1. The van der Waals surface area contributed by atoms with Crippen LogP contribution in [0.2, 0.25) is 5.02 Å². The third kappa shape index (κ3) is 8.22. The molecule has 8 heteroatoms. The fourth-order valence-corrected chi connectivity index (χ4v) is 2.89. The van der Waals surface area contributed by atoms with Crippen molar-refractivity contribution in [1.29, 1.82) is 0 Å². The van der Waals surface area contributed by atoms with Crippen molar-refractivity contribution < 1.29 is 4.74 Å². The number of rotatable bonds is 7. The summed E-state index contributed by atoms with van der Waals surface area (Å²) in [4.78, 5) is 12.0. The van der Waals surface area contributed by atoms with Crippen molar-refractivity contribution >= 4 is 42.5 Å². The molecule has 148 valence electrons. The molecule has 0 aliphatic carbocycles. The second-order valence-corrected chi connectivity index (χ2v) is 6.91. The van der Waals surface area contributed by atoms with Gasteiger partial charge in [-0.2, -0.15) is 0 Å². The van der Waals surface area contributed by atoms with Crippen LogP contribution in [0.25, 0.3) is 5.70 Å². The van der Waals surface area contributed by atoms with Crippen LogP contribution in [0, 0.1) is 0 Å². The van der Waals surface area contributed by atoms with Crippen LogP contribution >= 0.6 is 23.4 Å². The van der Waals surface area contributed by atoms with E-state index in [0.29, 0.717) is 22.5 Å². The smallest absolute Gasteiger partial charge is 0.219 e. The second-order valence-electron chi connectivity index (χ2n) is 5.65. The summed E-state index contributed by atoms with van der Waals surface area (Å²) in [5.41, 5.74) is 1.60. The molecule has 2 aromatic rings. The number of hydrogen-bond donors (Lipinski definition) is 2. The Kier molecular flexibility index (Phi) is 10.3. The van der Waals surface area contributed by atoms with Gasteiger partial charge in [0.05, 0.1) is 11.6 Å². The normalized spacial score (nSPS) is 13.8. The molecule has 2 N–H and O–H groups in total. The first-order valence-electron chi connectivity index (χ1n) is 8.75. The number of aliphatic imine (C=N–C) groups is 2. The Morgan fingerprint density at radius 1 is 1.21 bits per heavy atom. The van der Waals surface area contributed by atoms with Crippen LogP contribution in [-0.2, 0) is 0 Å². The Bertz CT molecular complexity index is 767. The molecule has 1 fully saturated rings. The largest absolute Gasteiger partial charge is 0.439 e. The van der Waals surface area contributed by atoms with Crippen LogP contribution in [0.5, 0.6) is 11.6 Å². The zero-order valence-corrected chi connectivity index (χ0v) is 17.2. The van der Waals surface area contributed by atoms with E-state index in [-0.39, 0.29) is 0 Å². The zero-order valence-electron chi connectivity index (χ0n) is 15.6. The number of nitrogens with zero attached hydrogens (tertiary/aromatic N) is 3. The van der Waals surface area contributed by atoms with E-state index in [1.54, 1.807) is 36.5 Å². The summed E-state index contributed by atoms with van der Waals surface area (Å²) in [6.45, 7) is 10.4. The Balaban J connectivity index is 0.000000397. The van der Waals surface area contributed by atoms with Gasteiger partial charge in [-0.05, 0) is 68.7 Å². The first-order chi connectivity index (χ1) is 13.7. The predicted octanol–water partition coefficient (Wildman–Crippen LogP) is 4.44. The van der Waals surface area contributed by atoms with Gasteiger partial charge in [-0.1, -0.05) is 11.6 Å². The fraction of sp³-hybridized carbons (Fsp3) is 0.250. The Morgan fingerprint density at radius 3 is 2.54 bits per heavy atom. The Labute approximate surface area is 175 Å². The maximum absolute atomic E-state index is 5.85. The molecule has 28 heavy (non-hydrogen) atoms. The number of pyridine rings is 1. The Hall–Kier alpha value is -2.19. The molecule has 1 aromatic heterocycles. The van der Waals surface area contributed by atoms with E-state index < -0.39 is 0 Å². The van der Waals surface area contributed by atoms with E-state index in [2.05, 4.69) is 39.0 Å². The van der Waals surface area contributed by atoms with Crippen molar-refractivity contribution in [1.82, 2.24) is 15.6 Å². The standard InChI is InChI=1S/C16H14ClN3OS.C4H10N2/c1-18-11-22-10-15(19-2)12-7-8-20-16(9-12)21-14-5-3-13(17)4-6-14;1-2-5-4-6-3-1/h3-10H,1-2,11H2;5-6H,1-4H2/b15-10-;. The van der Waals surface area contributed by atoms with Crippen LogP contribution in [0.3, 0.4) is 0 Å². The number of halogens is 1. The van der Waals surface area contributed by atoms with Crippen LogP contribution in [0.15, 0.2) is 58.0 Å². The maximum Gasteiger partial charge on any atom is 0.219 e.